The number of ketones is 1. The van der Waals surface area contributed by atoms with E-state index < -0.39 is 0 Å². The van der Waals surface area contributed by atoms with E-state index in [1.165, 1.54) is 0 Å². The monoisotopic (exact) mass is 254 g/mol. The number of aromatic nitrogens is 3. The Balaban J connectivity index is 0.00000324. The Morgan fingerprint density at radius 1 is 1.44 bits per heavy atom. The summed E-state index contributed by atoms with van der Waals surface area (Å²) in [4.78, 5) is 11.5. The SMILES string of the molecule is CC(C)NCCc1cn(CCC(=O)C(C)C)nn1.[HH]. The van der Waals surface area contributed by atoms with Crippen LogP contribution in [0.3, 0.4) is 0 Å². The Labute approximate surface area is 110 Å². The first-order chi connectivity index (χ1) is 8.49. The molecule has 1 heterocycles. The summed E-state index contributed by atoms with van der Waals surface area (Å²) >= 11 is 0. The van der Waals surface area contributed by atoms with Gasteiger partial charge in [-0.3, -0.25) is 9.48 Å². The van der Waals surface area contributed by atoms with E-state index in [-0.39, 0.29) is 13.1 Å². The first kappa shape index (κ1) is 14.8. The Morgan fingerprint density at radius 3 is 2.78 bits per heavy atom. The number of carbonyl (C=O) groups excluding carboxylic acids is 1. The number of carbonyl (C=O) groups is 1. The van der Waals surface area contributed by atoms with E-state index in [2.05, 4.69) is 29.5 Å². The third-order valence-corrected chi connectivity index (χ3v) is 2.75. The molecule has 1 N–H and O–H groups in total. The number of hydrogen-bond acceptors (Lipinski definition) is 4. The van der Waals surface area contributed by atoms with Crippen LogP contribution in [0.1, 0.15) is 41.2 Å². The highest BCUT2D eigenvalue weighted by atomic mass is 16.1. The van der Waals surface area contributed by atoms with Crippen molar-refractivity contribution in [2.24, 2.45) is 5.92 Å². The molecule has 0 atom stereocenters. The van der Waals surface area contributed by atoms with Crippen molar-refractivity contribution < 1.29 is 6.22 Å². The minimum Gasteiger partial charge on any atom is -0.314 e. The number of rotatable bonds is 8. The van der Waals surface area contributed by atoms with Gasteiger partial charge in [-0.1, -0.05) is 32.9 Å². The van der Waals surface area contributed by atoms with Gasteiger partial charge < -0.3 is 5.32 Å². The molecular weight excluding hydrogens is 228 g/mol. The highest BCUT2D eigenvalue weighted by Crippen LogP contribution is 2.01. The van der Waals surface area contributed by atoms with Crippen molar-refractivity contribution in [1.29, 1.82) is 0 Å². The molecule has 0 bridgehead atoms. The Bertz CT molecular complexity index is 376. The summed E-state index contributed by atoms with van der Waals surface area (Å²) in [6.07, 6.45) is 3.33. The van der Waals surface area contributed by atoms with Gasteiger partial charge in [0, 0.05) is 45.5 Å². The second kappa shape index (κ2) is 7.26. The van der Waals surface area contributed by atoms with Gasteiger partial charge in [0.05, 0.1) is 5.69 Å². The predicted molar refractivity (Wildman–Crippen MR) is 73.4 cm³/mol. The maximum atomic E-state index is 11.5. The van der Waals surface area contributed by atoms with E-state index in [4.69, 9.17) is 0 Å². The average Bonchev–Trinajstić information content (AvgIpc) is 2.73. The van der Waals surface area contributed by atoms with Gasteiger partial charge in [-0.05, 0) is 0 Å². The van der Waals surface area contributed by atoms with E-state index in [1.807, 2.05) is 20.0 Å². The number of aryl methyl sites for hydroxylation is 1. The fourth-order valence-electron chi connectivity index (χ4n) is 1.56. The van der Waals surface area contributed by atoms with Crippen LogP contribution in [0.2, 0.25) is 0 Å². The lowest BCUT2D eigenvalue weighted by Gasteiger charge is -2.05. The van der Waals surface area contributed by atoms with E-state index in [9.17, 15) is 4.79 Å². The lowest BCUT2D eigenvalue weighted by Crippen LogP contribution is -2.25. The van der Waals surface area contributed by atoms with Crippen molar-refractivity contribution >= 4 is 5.78 Å². The maximum Gasteiger partial charge on any atom is 0.137 e. The van der Waals surface area contributed by atoms with Gasteiger partial charge in [-0.25, -0.2) is 0 Å². The molecule has 0 aliphatic carbocycles. The minimum absolute atomic E-state index is 0. The molecule has 0 saturated carbocycles. The molecule has 0 spiro atoms. The van der Waals surface area contributed by atoms with Gasteiger partial charge in [0.2, 0.25) is 0 Å². The molecule has 5 heteroatoms. The van der Waals surface area contributed by atoms with E-state index in [1.54, 1.807) is 4.68 Å². The van der Waals surface area contributed by atoms with Crippen molar-refractivity contribution in [3.05, 3.63) is 11.9 Å². The zero-order chi connectivity index (χ0) is 13.5. The first-order valence-electron chi connectivity index (χ1n) is 6.64. The summed E-state index contributed by atoms with van der Waals surface area (Å²) < 4.78 is 1.75. The molecule has 0 aromatic carbocycles. The molecule has 5 nitrogen and oxygen atoms in total. The van der Waals surface area contributed by atoms with Crippen molar-refractivity contribution in [3.8, 4) is 0 Å². The van der Waals surface area contributed by atoms with Crippen LogP contribution < -0.4 is 5.32 Å². The number of nitrogens with one attached hydrogen (secondary N) is 1. The zero-order valence-electron chi connectivity index (χ0n) is 11.8. The van der Waals surface area contributed by atoms with Crippen LogP contribution >= 0.6 is 0 Å². The quantitative estimate of drug-likeness (QED) is 0.767. The van der Waals surface area contributed by atoms with Gasteiger partial charge in [0.1, 0.15) is 5.78 Å². The minimum atomic E-state index is 0. The summed E-state index contributed by atoms with van der Waals surface area (Å²) in [5.41, 5.74) is 0.972. The standard InChI is InChI=1S/C13H24N4O.H2/c1-10(2)13(18)6-8-17-9-12(15-16-17)5-7-14-11(3)4;/h9-11,14H,5-8H2,1-4H3;1H. The van der Waals surface area contributed by atoms with Gasteiger partial charge in [-0.2, -0.15) is 0 Å². The van der Waals surface area contributed by atoms with Crippen LogP contribution in [-0.2, 0) is 17.8 Å². The smallest absolute Gasteiger partial charge is 0.137 e. The van der Waals surface area contributed by atoms with Crippen LogP contribution in [0.25, 0.3) is 0 Å². The summed E-state index contributed by atoms with van der Waals surface area (Å²) in [7, 11) is 0. The van der Waals surface area contributed by atoms with Gasteiger partial charge in [0.25, 0.3) is 0 Å². The molecule has 0 fully saturated rings. The van der Waals surface area contributed by atoms with E-state index >= 15 is 0 Å². The molecule has 0 aliphatic rings. The van der Waals surface area contributed by atoms with Gasteiger partial charge >= 0.3 is 0 Å². The first-order valence-corrected chi connectivity index (χ1v) is 6.64. The normalized spacial score (nSPS) is 11.4. The number of Topliss-reactive ketones (excluding diaryl/α,β-unsaturated/α-hetero) is 1. The Hall–Kier alpha value is -1.23. The topological polar surface area (TPSA) is 59.8 Å². The number of hydrogen-bond donors (Lipinski definition) is 1. The molecule has 1 rings (SSSR count). The lowest BCUT2D eigenvalue weighted by atomic mass is 10.1. The van der Waals surface area contributed by atoms with Gasteiger partial charge in [0.15, 0.2) is 0 Å². The summed E-state index contributed by atoms with van der Waals surface area (Å²) in [6.45, 7) is 9.62. The molecule has 104 valence electrons. The number of nitrogens with zero attached hydrogens (tertiary/aromatic N) is 3. The van der Waals surface area contributed by atoms with Crippen molar-refractivity contribution in [3.63, 3.8) is 0 Å². The fraction of sp³-hybridized carbons (Fsp3) is 0.769. The third-order valence-electron chi connectivity index (χ3n) is 2.75. The van der Waals surface area contributed by atoms with E-state index in [0.717, 1.165) is 18.7 Å². The molecule has 0 radical (unpaired) electrons. The van der Waals surface area contributed by atoms with Crippen molar-refractivity contribution in [2.75, 3.05) is 6.54 Å². The summed E-state index contributed by atoms with van der Waals surface area (Å²) in [6, 6.07) is 0.490. The molecule has 0 unspecified atom stereocenters. The molecule has 1 aromatic heterocycles. The molecular formula is C13H26N4O. The largest absolute Gasteiger partial charge is 0.314 e. The second-order valence-electron chi connectivity index (χ2n) is 5.20. The third kappa shape index (κ3) is 5.40. The van der Waals surface area contributed by atoms with Crippen LogP contribution in [0.5, 0.6) is 0 Å². The second-order valence-corrected chi connectivity index (χ2v) is 5.20. The Kier molecular flexibility index (Phi) is 5.98. The van der Waals surface area contributed by atoms with Crippen molar-refractivity contribution in [2.45, 2.75) is 53.1 Å². The molecule has 0 aliphatic heterocycles. The highest BCUT2D eigenvalue weighted by Gasteiger charge is 2.08. The molecule has 1 aromatic rings. The van der Waals surface area contributed by atoms with Crippen molar-refractivity contribution in [1.82, 2.24) is 20.3 Å². The average molecular weight is 254 g/mol. The van der Waals surface area contributed by atoms with Gasteiger partial charge in [-0.15, -0.1) is 5.10 Å². The molecule has 0 amide bonds. The lowest BCUT2D eigenvalue weighted by molar-refractivity contribution is -0.122. The Morgan fingerprint density at radius 2 is 2.17 bits per heavy atom. The molecule has 18 heavy (non-hydrogen) atoms. The van der Waals surface area contributed by atoms with Crippen LogP contribution in [0, 0.1) is 5.92 Å². The summed E-state index contributed by atoms with van der Waals surface area (Å²) in [5, 5.41) is 11.5. The van der Waals surface area contributed by atoms with Crippen LogP contribution in [0.15, 0.2) is 6.20 Å². The molecule has 0 saturated heterocycles. The maximum absolute atomic E-state index is 11.5. The summed E-state index contributed by atoms with van der Waals surface area (Å²) in [5.74, 6) is 0.372. The highest BCUT2D eigenvalue weighted by molar-refractivity contribution is 5.80. The zero-order valence-corrected chi connectivity index (χ0v) is 11.8. The fourth-order valence-corrected chi connectivity index (χ4v) is 1.56. The van der Waals surface area contributed by atoms with Crippen LogP contribution in [0.4, 0.5) is 0 Å². The van der Waals surface area contributed by atoms with E-state index in [0.29, 0.717) is 19.0 Å². The van der Waals surface area contributed by atoms with Crippen LogP contribution in [-0.4, -0.2) is 33.4 Å². The predicted octanol–water partition coefficient (Wildman–Crippen LogP) is 1.68.